The maximum absolute atomic E-state index is 12.4. The predicted molar refractivity (Wildman–Crippen MR) is 87.1 cm³/mol. The number of benzene rings is 1. The van der Waals surface area contributed by atoms with Gasteiger partial charge in [-0.05, 0) is 25.0 Å². The molecular weight excluding hydrogens is 369 g/mol. The van der Waals surface area contributed by atoms with Gasteiger partial charge in [0.2, 0.25) is 0 Å². The van der Waals surface area contributed by atoms with Crippen molar-refractivity contribution in [1.29, 1.82) is 0 Å². The molecule has 1 fully saturated rings. The van der Waals surface area contributed by atoms with E-state index in [1.165, 1.54) is 4.90 Å². The predicted octanol–water partition coefficient (Wildman–Crippen LogP) is 2.56. The van der Waals surface area contributed by atoms with Crippen LogP contribution in [-0.2, 0) is 9.59 Å². The van der Waals surface area contributed by atoms with Crippen molar-refractivity contribution in [3.63, 3.8) is 0 Å². The minimum atomic E-state index is -5.08. The number of fused-ring (bicyclic) bond motifs is 1. The first-order valence-electron chi connectivity index (χ1n) is 7.81. The Morgan fingerprint density at radius 2 is 1.70 bits per heavy atom. The van der Waals surface area contributed by atoms with E-state index in [4.69, 9.17) is 15.0 Å². The first kappa shape index (κ1) is 20.1. The van der Waals surface area contributed by atoms with Crippen LogP contribution in [0.1, 0.15) is 23.3 Å². The topological polar surface area (TPSA) is 108 Å². The number of pyridine rings is 1. The van der Waals surface area contributed by atoms with Gasteiger partial charge in [0, 0.05) is 11.9 Å². The largest absolute Gasteiger partial charge is 0.490 e. The summed E-state index contributed by atoms with van der Waals surface area (Å²) in [5.74, 6) is -4.01. The second kappa shape index (κ2) is 8.02. The maximum Gasteiger partial charge on any atom is 0.490 e. The summed E-state index contributed by atoms with van der Waals surface area (Å²) in [5.41, 5.74) is 1.04. The van der Waals surface area contributed by atoms with Gasteiger partial charge in [-0.1, -0.05) is 24.3 Å². The van der Waals surface area contributed by atoms with Crippen molar-refractivity contribution in [2.75, 3.05) is 6.54 Å². The van der Waals surface area contributed by atoms with Crippen molar-refractivity contribution < 1.29 is 37.8 Å². The van der Waals surface area contributed by atoms with Crippen LogP contribution in [-0.4, -0.2) is 56.7 Å². The number of rotatable bonds is 2. The van der Waals surface area contributed by atoms with Crippen molar-refractivity contribution in [1.82, 2.24) is 9.88 Å². The molecular formula is C17H15F3N2O5. The van der Waals surface area contributed by atoms with Crippen molar-refractivity contribution in [3.8, 4) is 0 Å². The molecule has 1 aliphatic heterocycles. The number of alkyl halides is 3. The summed E-state index contributed by atoms with van der Waals surface area (Å²) >= 11 is 0. The first-order chi connectivity index (χ1) is 12.6. The van der Waals surface area contributed by atoms with Crippen LogP contribution in [0.15, 0.2) is 36.4 Å². The number of likely N-dealkylation sites (tertiary alicyclic amines) is 1. The minimum Gasteiger partial charge on any atom is -0.480 e. The minimum absolute atomic E-state index is 0.303. The number of para-hydroxylation sites is 1. The fourth-order valence-corrected chi connectivity index (χ4v) is 2.60. The number of carboxylic acids is 2. The van der Waals surface area contributed by atoms with Crippen LogP contribution in [0.3, 0.4) is 0 Å². The van der Waals surface area contributed by atoms with Gasteiger partial charge in [0.1, 0.15) is 11.7 Å². The van der Waals surface area contributed by atoms with E-state index in [0.717, 1.165) is 17.3 Å². The smallest absolute Gasteiger partial charge is 0.480 e. The van der Waals surface area contributed by atoms with Crippen molar-refractivity contribution in [3.05, 3.63) is 42.1 Å². The lowest BCUT2D eigenvalue weighted by molar-refractivity contribution is -0.192. The first-order valence-corrected chi connectivity index (χ1v) is 7.81. The second-order valence-electron chi connectivity index (χ2n) is 5.69. The molecule has 0 aliphatic carbocycles. The van der Waals surface area contributed by atoms with E-state index in [1.54, 1.807) is 6.07 Å². The number of hydrogen-bond acceptors (Lipinski definition) is 4. The van der Waals surface area contributed by atoms with Crippen LogP contribution >= 0.6 is 0 Å². The van der Waals surface area contributed by atoms with Gasteiger partial charge in [0.25, 0.3) is 5.91 Å². The van der Waals surface area contributed by atoms with Gasteiger partial charge in [-0.3, -0.25) is 4.79 Å². The zero-order valence-corrected chi connectivity index (χ0v) is 13.8. The van der Waals surface area contributed by atoms with E-state index in [-0.39, 0.29) is 5.91 Å². The van der Waals surface area contributed by atoms with Crippen molar-refractivity contribution >= 4 is 28.7 Å². The molecule has 27 heavy (non-hydrogen) atoms. The number of carbonyl (C=O) groups excluding carboxylic acids is 1. The summed E-state index contributed by atoms with van der Waals surface area (Å²) in [6.45, 7) is 0.476. The lowest BCUT2D eigenvalue weighted by atomic mass is 10.2. The average Bonchev–Trinajstić information content (AvgIpc) is 3.10. The van der Waals surface area contributed by atoms with Crippen molar-refractivity contribution in [2.24, 2.45) is 0 Å². The summed E-state index contributed by atoms with van der Waals surface area (Å²) in [5, 5.41) is 17.2. The number of halogens is 3. The Bertz CT molecular complexity index is 869. The van der Waals surface area contributed by atoms with E-state index in [1.807, 2.05) is 30.3 Å². The lowest BCUT2D eigenvalue weighted by Crippen LogP contribution is -2.40. The van der Waals surface area contributed by atoms with Crippen LogP contribution in [0.5, 0.6) is 0 Å². The van der Waals surface area contributed by atoms with Crippen molar-refractivity contribution in [2.45, 2.75) is 25.1 Å². The Kier molecular flexibility index (Phi) is 5.98. The molecule has 10 heteroatoms. The van der Waals surface area contributed by atoms with E-state index >= 15 is 0 Å². The number of hydrogen-bond donors (Lipinski definition) is 2. The Hall–Kier alpha value is -3.17. The molecule has 1 saturated heterocycles. The second-order valence-corrected chi connectivity index (χ2v) is 5.69. The van der Waals surface area contributed by atoms with Gasteiger partial charge in [-0.15, -0.1) is 0 Å². The van der Waals surface area contributed by atoms with Gasteiger partial charge in [-0.2, -0.15) is 13.2 Å². The van der Waals surface area contributed by atoms with Crippen LogP contribution in [0, 0.1) is 0 Å². The summed E-state index contributed by atoms with van der Waals surface area (Å²) in [7, 11) is 0. The van der Waals surface area contributed by atoms with Crippen LogP contribution in [0.25, 0.3) is 10.9 Å². The Labute approximate surface area is 151 Å². The number of carboxylic acid groups (broad SMARTS) is 2. The number of carbonyl (C=O) groups is 3. The Morgan fingerprint density at radius 1 is 1.07 bits per heavy atom. The molecule has 0 spiro atoms. The highest BCUT2D eigenvalue weighted by Gasteiger charge is 2.38. The molecule has 7 nitrogen and oxygen atoms in total. The summed E-state index contributed by atoms with van der Waals surface area (Å²) in [6, 6.07) is 10.3. The molecule has 144 valence electrons. The molecule has 2 N–H and O–H groups in total. The number of aromatic nitrogens is 1. The maximum atomic E-state index is 12.4. The fraction of sp³-hybridized carbons (Fsp3) is 0.294. The fourth-order valence-electron chi connectivity index (χ4n) is 2.60. The highest BCUT2D eigenvalue weighted by molar-refractivity contribution is 5.97. The normalized spacial score (nSPS) is 16.6. The van der Waals surface area contributed by atoms with Gasteiger partial charge in [0.05, 0.1) is 5.52 Å². The Morgan fingerprint density at radius 3 is 2.30 bits per heavy atom. The SMILES string of the molecule is O=C(O)C(F)(F)F.O=C(O)[C@@H]1CCCN1C(=O)c1ccc2ccccc2n1. The molecule has 2 aromatic rings. The summed E-state index contributed by atoms with van der Waals surface area (Å²) < 4.78 is 31.7. The van der Waals surface area contributed by atoms with Gasteiger partial charge < -0.3 is 15.1 Å². The third-order valence-electron chi connectivity index (χ3n) is 3.86. The van der Waals surface area contributed by atoms with E-state index < -0.39 is 24.2 Å². The lowest BCUT2D eigenvalue weighted by Gasteiger charge is -2.20. The molecule has 0 saturated carbocycles. The van der Waals surface area contributed by atoms with E-state index in [2.05, 4.69) is 4.98 Å². The molecule has 1 aromatic carbocycles. The Balaban J connectivity index is 0.000000321. The average molecular weight is 384 g/mol. The highest BCUT2D eigenvalue weighted by Crippen LogP contribution is 2.21. The molecule has 1 aliphatic rings. The molecule has 0 radical (unpaired) electrons. The number of aliphatic carboxylic acids is 2. The highest BCUT2D eigenvalue weighted by atomic mass is 19.4. The zero-order chi connectivity index (χ0) is 20.2. The molecule has 3 rings (SSSR count). The third kappa shape index (κ3) is 4.93. The summed E-state index contributed by atoms with van der Waals surface area (Å²) in [6.07, 6.45) is -3.86. The quantitative estimate of drug-likeness (QED) is 0.824. The van der Waals surface area contributed by atoms with E-state index in [9.17, 15) is 22.8 Å². The third-order valence-corrected chi connectivity index (χ3v) is 3.86. The molecule has 1 atom stereocenters. The number of nitrogens with zero attached hydrogens (tertiary/aromatic N) is 2. The molecule has 1 amide bonds. The summed E-state index contributed by atoms with van der Waals surface area (Å²) in [4.78, 5) is 38.2. The number of amides is 1. The van der Waals surface area contributed by atoms with E-state index in [0.29, 0.717) is 18.7 Å². The molecule has 1 aromatic heterocycles. The zero-order valence-electron chi connectivity index (χ0n) is 13.8. The monoisotopic (exact) mass is 384 g/mol. The van der Waals surface area contributed by atoms with Gasteiger partial charge >= 0.3 is 18.1 Å². The molecule has 0 unspecified atom stereocenters. The standard InChI is InChI=1S/C15H14N2O3.C2HF3O2/c18-14(17-9-3-6-13(17)15(19)20)12-8-7-10-4-1-2-5-11(10)16-12;3-2(4,5)1(6)7/h1-2,4-5,7-8,13H,3,6,9H2,(H,19,20);(H,6,7)/t13-;/m0./s1. The molecule has 2 heterocycles. The van der Waals surface area contributed by atoms with Crippen LogP contribution in [0.2, 0.25) is 0 Å². The van der Waals surface area contributed by atoms with Gasteiger partial charge in [-0.25, -0.2) is 14.6 Å². The van der Waals surface area contributed by atoms with Crippen LogP contribution in [0.4, 0.5) is 13.2 Å². The van der Waals surface area contributed by atoms with Gasteiger partial charge in [0.15, 0.2) is 0 Å². The molecule has 0 bridgehead atoms. The van der Waals surface area contributed by atoms with Crippen LogP contribution < -0.4 is 0 Å².